The molecular formula is C20H23ClN2O2S. The summed E-state index contributed by atoms with van der Waals surface area (Å²) in [6.45, 7) is 2.13. The maximum Gasteiger partial charge on any atom is 0.206 e. The normalized spacial score (nSPS) is 20.9. The van der Waals surface area contributed by atoms with Crippen molar-refractivity contribution in [3.63, 3.8) is 0 Å². The van der Waals surface area contributed by atoms with Crippen LogP contribution in [-0.4, -0.2) is 27.5 Å². The number of aryl methyl sites for hydroxylation is 1. The number of sulfone groups is 1. The van der Waals surface area contributed by atoms with E-state index in [4.69, 9.17) is 11.6 Å². The van der Waals surface area contributed by atoms with Crippen LogP contribution in [0, 0.1) is 0 Å². The first-order valence-corrected chi connectivity index (χ1v) is 11.0. The van der Waals surface area contributed by atoms with Gasteiger partial charge >= 0.3 is 0 Å². The molecule has 0 amide bonds. The van der Waals surface area contributed by atoms with Gasteiger partial charge in [0.25, 0.3) is 0 Å². The summed E-state index contributed by atoms with van der Waals surface area (Å²) in [5, 5.41) is 7.58. The molecule has 0 aromatic heterocycles. The SMILES string of the molecule is O=S(=O)(c1cccc(Cl)c1)c1ccc2c(c1)CCC2NC1CCNCC1. The minimum atomic E-state index is -3.54. The molecule has 2 aliphatic rings. The monoisotopic (exact) mass is 390 g/mol. The maximum absolute atomic E-state index is 12.9. The maximum atomic E-state index is 12.9. The third kappa shape index (κ3) is 3.54. The second kappa shape index (κ2) is 7.31. The van der Waals surface area contributed by atoms with Crippen molar-refractivity contribution in [1.82, 2.24) is 10.6 Å². The van der Waals surface area contributed by atoms with Crippen LogP contribution in [0.15, 0.2) is 52.3 Å². The summed E-state index contributed by atoms with van der Waals surface area (Å²) < 4.78 is 25.8. The Labute approximate surface area is 159 Å². The molecule has 0 saturated carbocycles. The number of hydrogen-bond donors (Lipinski definition) is 2. The molecule has 6 heteroatoms. The van der Waals surface area contributed by atoms with E-state index in [0.29, 0.717) is 22.0 Å². The van der Waals surface area contributed by atoms with Gasteiger partial charge in [-0.2, -0.15) is 0 Å². The van der Waals surface area contributed by atoms with Crippen LogP contribution < -0.4 is 10.6 Å². The van der Waals surface area contributed by atoms with Gasteiger partial charge in [0.1, 0.15) is 0 Å². The fourth-order valence-corrected chi connectivity index (χ4v) is 5.59. The van der Waals surface area contributed by atoms with Crippen molar-refractivity contribution in [3.05, 3.63) is 58.6 Å². The highest BCUT2D eigenvalue weighted by Gasteiger charge is 2.27. The third-order valence-electron chi connectivity index (χ3n) is 5.38. The zero-order valence-electron chi connectivity index (χ0n) is 14.5. The highest BCUT2D eigenvalue weighted by atomic mass is 35.5. The minimum Gasteiger partial charge on any atom is -0.317 e. The molecule has 2 aromatic carbocycles. The second-order valence-electron chi connectivity index (χ2n) is 7.10. The Morgan fingerprint density at radius 1 is 1.00 bits per heavy atom. The lowest BCUT2D eigenvalue weighted by Gasteiger charge is -2.27. The molecule has 0 bridgehead atoms. The zero-order chi connectivity index (χ0) is 18.1. The van der Waals surface area contributed by atoms with E-state index in [1.54, 1.807) is 24.3 Å². The highest BCUT2D eigenvalue weighted by molar-refractivity contribution is 7.91. The fourth-order valence-electron chi connectivity index (χ4n) is 3.98. The molecule has 4 nitrogen and oxygen atoms in total. The quantitative estimate of drug-likeness (QED) is 0.838. The van der Waals surface area contributed by atoms with Crippen molar-refractivity contribution in [1.29, 1.82) is 0 Å². The molecule has 2 aromatic rings. The van der Waals surface area contributed by atoms with Crippen LogP contribution in [0.3, 0.4) is 0 Å². The van der Waals surface area contributed by atoms with Crippen molar-refractivity contribution in [2.75, 3.05) is 13.1 Å². The third-order valence-corrected chi connectivity index (χ3v) is 7.37. The van der Waals surface area contributed by atoms with Gasteiger partial charge < -0.3 is 10.6 Å². The van der Waals surface area contributed by atoms with Gasteiger partial charge in [0.15, 0.2) is 0 Å². The number of fused-ring (bicyclic) bond motifs is 1. The van der Waals surface area contributed by atoms with Gasteiger partial charge in [-0.3, -0.25) is 0 Å². The van der Waals surface area contributed by atoms with Gasteiger partial charge in [-0.25, -0.2) is 8.42 Å². The standard InChI is InChI=1S/C20H23ClN2O2S/c21-15-2-1-3-17(13-15)26(24,25)18-5-6-19-14(12-18)4-7-20(19)23-16-8-10-22-11-9-16/h1-3,5-6,12-13,16,20,22-23H,4,7-11H2. The second-order valence-corrected chi connectivity index (χ2v) is 9.49. The largest absolute Gasteiger partial charge is 0.317 e. The molecule has 1 fully saturated rings. The van der Waals surface area contributed by atoms with E-state index in [9.17, 15) is 8.42 Å². The van der Waals surface area contributed by atoms with Crippen LogP contribution in [0.4, 0.5) is 0 Å². The Bertz CT molecular complexity index is 908. The van der Waals surface area contributed by atoms with Gasteiger partial charge in [-0.05, 0) is 80.2 Å². The van der Waals surface area contributed by atoms with E-state index in [-0.39, 0.29) is 4.90 Å². The van der Waals surface area contributed by atoms with E-state index in [0.717, 1.165) is 44.3 Å². The smallest absolute Gasteiger partial charge is 0.206 e. The van der Waals surface area contributed by atoms with E-state index in [1.165, 1.54) is 11.6 Å². The molecule has 4 rings (SSSR count). The highest BCUT2D eigenvalue weighted by Crippen LogP contribution is 2.35. The lowest BCUT2D eigenvalue weighted by molar-refractivity contribution is 0.349. The molecular weight excluding hydrogens is 368 g/mol. The lowest BCUT2D eigenvalue weighted by atomic mass is 10.0. The molecule has 1 atom stereocenters. The number of piperidine rings is 1. The lowest BCUT2D eigenvalue weighted by Crippen LogP contribution is -2.41. The van der Waals surface area contributed by atoms with Crippen LogP contribution >= 0.6 is 11.6 Å². The number of halogens is 1. The molecule has 1 heterocycles. The summed E-state index contributed by atoms with van der Waals surface area (Å²) in [5.41, 5.74) is 2.38. The molecule has 0 radical (unpaired) electrons. The topological polar surface area (TPSA) is 58.2 Å². The molecule has 1 aliphatic carbocycles. The van der Waals surface area contributed by atoms with Gasteiger partial charge in [0.2, 0.25) is 9.84 Å². The summed E-state index contributed by atoms with van der Waals surface area (Å²) in [7, 11) is -3.54. The summed E-state index contributed by atoms with van der Waals surface area (Å²) in [6.07, 6.45) is 4.23. The first kappa shape index (κ1) is 18.0. The molecule has 138 valence electrons. The zero-order valence-corrected chi connectivity index (χ0v) is 16.1. The number of rotatable bonds is 4. The van der Waals surface area contributed by atoms with Gasteiger partial charge in [0, 0.05) is 17.1 Å². The van der Waals surface area contributed by atoms with Crippen LogP contribution in [-0.2, 0) is 16.3 Å². The first-order chi connectivity index (χ1) is 12.5. The first-order valence-electron chi connectivity index (χ1n) is 9.14. The van der Waals surface area contributed by atoms with Crippen LogP contribution in [0.1, 0.15) is 36.4 Å². The Balaban J connectivity index is 1.58. The Morgan fingerprint density at radius 3 is 2.54 bits per heavy atom. The van der Waals surface area contributed by atoms with Crippen LogP contribution in [0.2, 0.25) is 5.02 Å². The Kier molecular flexibility index (Phi) is 5.06. The molecule has 1 aliphatic heterocycles. The average molecular weight is 391 g/mol. The van der Waals surface area contributed by atoms with Crippen molar-refractivity contribution < 1.29 is 8.42 Å². The molecule has 1 unspecified atom stereocenters. The minimum absolute atomic E-state index is 0.243. The van der Waals surface area contributed by atoms with Gasteiger partial charge in [-0.15, -0.1) is 0 Å². The average Bonchev–Trinajstić information content (AvgIpc) is 3.05. The van der Waals surface area contributed by atoms with Crippen molar-refractivity contribution in [2.45, 2.75) is 47.6 Å². The van der Waals surface area contributed by atoms with E-state index >= 15 is 0 Å². The van der Waals surface area contributed by atoms with Crippen molar-refractivity contribution in [2.24, 2.45) is 0 Å². The summed E-state index contributed by atoms with van der Waals surface area (Å²) in [4.78, 5) is 0.591. The molecule has 1 saturated heterocycles. The van der Waals surface area contributed by atoms with Gasteiger partial charge in [0.05, 0.1) is 9.79 Å². The number of nitrogens with one attached hydrogen (secondary N) is 2. The number of benzene rings is 2. The predicted molar refractivity (Wildman–Crippen MR) is 103 cm³/mol. The summed E-state index contributed by atoms with van der Waals surface area (Å²) in [6, 6.07) is 12.9. The number of hydrogen-bond acceptors (Lipinski definition) is 4. The molecule has 0 spiro atoms. The summed E-state index contributed by atoms with van der Waals surface area (Å²) >= 11 is 5.97. The van der Waals surface area contributed by atoms with Crippen LogP contribution in [0.5, 0.6) is 0 Å². The molecule has 26 heavy (non-hydrogen) atoms. The van der Waals surface area contributed by atoms with Crippen molar-refractivity contribution in [3.8, 4) is 0 Å². The fraction of sp³-hybridized carbons (Fsp3) is 0.400. The van der Waals surface area contributed by atoms with E-state index < -0.39 is 9.84 Å². The predicted octanol–water partition coefficient (Wildman–Crippen LogP) is 3.50. The van der Waals surface area contributed by atoms with Gasteiger partial charge in [-0.1, -0.05) is 23.7 Å². The Hall–Kier alpha value is -1.40. The van der Waals surface area contributed by atoms with Crippen molar-refractivity contribution >= 4 is 21.4 Å². The van der Waals surface area contributed by atoms with E-state index in [2.05, 4.69) is 10.6 Å². The Morgan fingerprint density at radius 2 is 1.77 bits per heavy atom. The summed E-state index contributed by atoms with van der Waals surface area (Å²) in [5.74, 6) is 0. The van der Waals surface area contributed by atoms with E-state index in [1.807, 2.05) is 12.1 Å². The molecule has 2 N–H and O–H groups in total. The van der Waals surface area contributed by atoms with Crippen LogP contribution in [0.25, 0.3) is 0 Å².